The number of likely N-dealkylation sites (tertiary alicyclic amines) is 1. The third-order valence-electron chi connectivity index (χ3n) is 8.59. The fourth-order valence-electron chi connectivity index (χ4n) is 6.71. The molecule has 3 aromatic carbocycles. The summed E-state index contributed by atoms with van der Waals surface area (Å²) >= 11 is 0. The molecule has 184 valence electrons. The number of aromatic nitrogens is 1. The third kappa shape index (κ3) is 3.68. The van der Waals surface area contributed by atoms with Gasteiger partial charge in [0.05, 0.1) is 12.0 Å². The number of non-ortho nitro benzene ring substituents is 1. The van der Waals surface area contributed by atoms with Crippen molar-refractivity contribution in [3.05, 3.63) is 105 Å². The minimum absolute atomic E-state index is 0.00278. The van der Waals surface area contributed by atoms with Crippen molar-refractivity contribution in [2.45, 2.75) is 31.2 Å². The normalized spacial score (nSPS) is 21.7. The maximum atomic E-state index is 11.5. The van der Waals surface area contributed by atoms with Crippen LogP contribution in [0.3, 0.4) is 0 Å². The van der Waals surface area contributed by atoms with Crippen LogP contribution >= 0.6 is 0 Å². The molecule has 1 aliphatic carbocycles. The molecule has 2 atom stereocenters. The summed E-state index contributed by atoms with van der Waals surface area (Å²) in [6.45, 7) is 2.98. The van der Waals surface area contributed by atoms with Crippen molar-refractivity contribution in [2.75, 3.05) is 20.2 Å². The molecule has 1 aromatic heterocycles. The van der Waals surface area contributed by atoms with Gasteiger partial charge in [0.25, 0.3) is 5.69 Å². The van der Waals surface area contributed by atoms with Crippen LogP contribution in [0.25, 0.3) is 10.9 Å². The van der Waals surface area contributed by atoms with Gasteiger partial charge in [-0.2, -0.15) is 0 Å². The van der Waals surface area contributed by atoms with E-state index in [4.69, 9.17) is 4.74 Å². The van der Waals surface area contributed by atoms with Crippen LogP contribution in [0.15, 0.2) is 72.8 Å². The maximum absolute atomic E-state index is 11.5. The van der Waals surface area contributed by atoms with Gasteiger partial charge in [-0.05, 0) is 66.6 Å². The number of hydrogen-bond donors (Lipinski definition) is 0. The SMILES string of the molecule is COc1cccc(C23CCN(Cc4ccccc4)CC2Cc2c(n(C)c4ccc([N+](=O)[O-])cc24)C3)c1. The zero-order chi connectivity index (χ0) is 24.9. The highest BCUT2D eigenvalue weighted by atomic mass is 16.6. The van der Waals surface area contributed by atoms with E-state index in [2.05, 4.69) is 65.0 Å². The summed E-state index contributed by atoms with van der Waals surface area (Å²) in [7, 11) is 3.84. The lowest BCUT2D eigenvalue weighted by Gasteiger charge is -2.51. The van der Waals surface area contributed by atoms with E-state index in [-0.39, 0.29) is 16.0 Å². The zero-order valence-corrected chi connectivity index (χ0v) is 20.8. The van der Waals surface area contributed by atoms with E-state index < -0.39 is 0 Å². The van der Waals surface area contributed by atoms with Crippen LogP contribution in [0.1, 0.15) is 28.8 Å². The summed E-state index contributed by atoms with van der Waals surface area (Å²) in [5.74, 6) is 1.30. The second-order valence-corrected chi connectivity index (χ2v) is 10.4. The van der Waals surface area contributed by atoms with E-state index in [0.717, 1.165) is 55.5 Å². The number of aryl methyl sites for hydroxylation is 1. The summed E-state index contributed by atoms with van der Waals surface area (Å²) in [6, 6.07) is 24.6. The number of benzene rings is 3. The van der Waals surface area contributed by atoms with Crippen molar-refractivity contribution in [1.29, 1.82) is 0 Å². The molecule has 4 aromatic rings. The summed E-state index contributed by atoms with van der Waals surface area (Å²) in [6.07, 6.45) is 2.91. The van der Waals surface area contributed by atoms with Crippen LogP contribution in [0.2, 0.25) is 0 Å². The average molecular weight is 482 g/mol. The van der Waals surface area contributed by atoms with Gasteiger partial charge in [-0.1, -0.05) is 42.5 Å². The largest absolute Gasteiger partial charge is 0.497 e. The molecule has 2 aliphatic rings. The monoisotopic (exact) mass is 481 g/mol. The Hall–Kier alpha value is -3.64. The van der Waals surface area contributed by atoms with Crippen LogP contribution in [-0.2, 0) is 31.8 Å². The first-order valence-corrected chi connectivity index (χ1v) is 12.6. The summed E-state index contributed by atoms with van der Waals surface area (Å²) in [5, 5.41) is 12.6. The number of methoxy groups -OCH3 is 1. The van der Waals surface area contributed by atoms with E-state index in [0.29, 0.717) is 5.92 Å². The van der Waals surface area contributed by atoms with Gasteiger partial charge in [-0.3, -0.25) is 15.0 Å². The summed E-state index contributed by atoms with van der Waals surface area (Å²) < 4.78 is 7.89. The van der Waals surface area contributed by atoms with Gasteiger partial charge in [0.1, 0.15) is 5.75 Å². The second-order valence-electron chi connectivity index (χ2n) is 10.4. The van der Waals surface area contributed by atoms with Gasteiger partial charge in [-0.25, -0.2) is 0 Å². The Balaban J connectivity index is 1.45. The Labute approximate surface area is 211 Å². The van der Waals surface area contributed by atoms with E-state index in [9.17, 15) is 10.1 Å². The summed E-state index contributed by atoms with van der Waals surface area (Å²) in [5.41, 5.74) is 6.50. The highest BCUT2D eigenvalue weighted by Crippen LogP contribution is 2.50. The average Bonchev–Trinajstić information content (AvgIpc) is 3.18. The van der Waals surface area contributed by atoms with Gasteiger partial charge in [0.15, 0.2) is 0 Å². The number of nitro groups is 1. The molecule has 6 heteroatoms. The number of nitrogens with zero attached hydrogens (tertiary/aromatic N) is 3. The first kappa shape index (κ1) is 22.8. The number of ether oxygens (including phenoxy) is 1. The zero-order valence-electron chi connectivity index (χ0n) is 20.8. The standard InChI is InChI=1S/C30H31N3O3/c1-31-28-12-11-24(33(34)35)17-27(28)26-16-23-20-32(19-21-7-4-3-5-8-21)14-13-30(23,18-29(26)31)22-9-6-10-25(15-22)36-2/h3-12,15,17,23H,13-14,16,18-20H2,1-2H3. The van der Waals surface area contributed by atoms with E-state index in [1.54, 1.807) is 19.2 Å². The fourth-order valence-corrected chi connectivity index (χ4v) is 6.71. The quantitative estimate of drug-likeness (QED) is 0.273. The number of nitro benzene ring substituents is 1. The first-order chi connectivity index (χ1) is 17.5. The molecule has 0 bridgehead atoms. The van der Waals surface area contributed by atoms with Crippen molar-refractivity contribution in [3.8, 4) is 5.75 Å². The molecule has 36 heavy (non-hydrogen) atoms. The fraction of sp³-hybridized carbons (Fsp3) is 0.333. The molecule has 6 rings (SSSR count). The highest BCUT2D eigenvalue weighted by Gasteiger charge is 2.48. The van der Waals surface area contributed by atoms with Crippen LogP contribution in [0, 0.1) is 16.0 Å². The molecular weight excluding hydrogens is 450 g/mol. The van der Waals surface area contributed by atoms with Gasteiger partial charge < -0.3 is 9.30 Å². The van der Waals surface area contributed by atoms with Crippen LogP contribution in [0.5, 0.6) is 5.75 Å². The van der Waals surface area contributed by atoms with Crippen molar-refractivity contribution < 1.29 is 9.66 Å². The molecule has 2 unspecified atom stereocenters. The molecule has 1 saturated heterocycles. The van der Waals surface area contributed by atoms with Gasteiger partial charge >= 0.3 is 0 Å². The van der Waals surface area contributed by atoms with Crippen molar-refractivity contribution in [3.63, 3.8) is 0 Å². The first-order valence-electron chi connectivity index (χ1n) is 12.6. The van der Waals surface area contributed by atoms with Gasteiger partial charge in [-0.15, -0.1) is 0 Å². The molecular formula is C30H31N3O3. The predicted octanol–water partition coefficient (Wildman–Crippen LogP) is 5.65. The van der Waals surface area contributed by atoms with E-state index >= 15 is 0 Å². The Kier molecular flexibility index (Phi) is 5.56. The Morgan fingerprint density at radius 2 is 1.92 bits per heavy atom. The lowest BCUT2D eigenvalue weighted by Crippen LogP contribution is -2.53. The minimum atomic E-state index is -0.287. The topological polar surface area (TPSA) is 60.5 Å². The van der Waals surface area contributed by atoms with Crippen molar-refractivity contribution >= 4 is 16.6 Å². The molecule has 0 radical (unpaired) electrons. The molecule has 0 N–H and O–H groups in total. The molecule has 1 aliphatic heterocycles. The van der Waals surface area contributed by atoms with Crippen LogP contribution in [-0.4, -0.2) is 34.6 Å². The Bertz CT molecular complexity index is 1440. The minimum Gasteiger partial charge on any atom is -0.497 e. The van der Waals surface area contributed by atoms with Crippen LogP contribution < -0.4 is 4.74 Å². The lowest BCUT2D eigenvalue weighted by atomic mass is 9.58. The van der Waals surface area contributed by atoms with Crippen LogP contribution in [0.4, 0.5) is 5.69 Å². The number of piperidine rings is 1. The Morgan fingerprint density at radius 1 is 1.08 bits per heavy atom. The molecule has 0 amide bonds. The number of hydrogen-bond acceptors (Lipinski definition) is 4. The van der Waals surface area contributed by atoms with E-state index in [1.165, 1.54) is 22.4 Å². The maximum Gasteiger partial charge on any atom is 0.270 e. The smallest absolute Gasteiger partial charge is 0.270 e. The predicted molar refractivity (Wildman–Crippen MR) is 141 cm³/mol. The molecule has 6 nitrogen and oxygen atoms in total. The molecule has 0 saturated carbocycles. The second kappa shape index (κ2) is 8.79. The molecule has 2 heterocycles. The van der Waals surface area contributed by atoms with Gasteiger partial charge in [0, 0.05) is 54.3 Å². The highest BCUT2D eigenvalue weighted by molar-refractivity contribution is 5.88. The Morgan fingerprint density at radius 3 is 2.69 bits per heavy atom. The van der Waals surface area contributed by atoms with E-state index in [1.807, 2.05) is 12.1 Å². The number of fused-ring (bicyclic) bond motifs is 4. The molecule has 0 spiro atoms. The van der Waals surface area contributed by atoms with Crippen molar-refractivity contribution in [1.82, 2.24) is 9.47 Å². The van der Waals surface area contributed by atoms with Gasteiger partial charge in [0.2, 0.25) is 0 Å². The number of rotatable bonds is 5. The lowest BCUT2D eigenvalue weighted by molar-refractivity contribution is -0.384. The molecule has 1 fully saturated rings. The van der Waals surface area contributed by atoms with Crippen molar-refractivity contribution in [2.24, 2.45) is 13.0 Å². The third-order valence-corrected chi connectivity index (χ3v) is 8.59. The summed E-state index contributed by atoms with van der Waals surface area (Å²) in [4.78, 5) is 13.8.